The van der Waals surface area contributed by atoms with E-state index in [2.05, 4.69) is 120 Å². The maximum Gasteiger partial charge on any atom is 0.209 e. The highest BCUT2D eigenvalue weighted by molar-refractivity contribution is 6.03. The molecule has 0 N–H and O–H groups in total. The highest BCUT2D eigenvalue weighted by Crippen LogP contribution is 2.47. The van der Waals surface area contributed by atoms with Crippen molar-refractivity contribution in [2.75, 3.05) is 19.0 Å². The summed E-state index contributed by atoms with van der Waals surface area (Å²) < 4.78 is 2.34. The van der Waals surface area contributed by atoms with Gasteiger partial charge in [0.2, 0.25) is 5.69 Å². The molecule has 0 saturated heterocycles. The molecule has 2 heterocycles. The van der Waals surface area contributed by atoms with Gasteiger partial charge in [-0.25, -0.2) is 0 Å². The number of hydrogen-bond donors (Lipinski definition) is 0. The van der Waals surface area contributed by atoms with E-state index in [0.717, 1.165) is 0 Å². The molecule has 0 fully saturated rings. The smallest absolute Gasteiger partial charge is 0.209 e. The number of hydrogen-bond acceptors (Lipinski definition) is 1. The second kappa shape index (κ2) is 7.67. The molecule has 0 atom stereocenters. The lowest BCUT2D eigenvalue weighted by molar-refractivity contribution is -0.401. The highest BCUT2D eigenvalue weighted by Gasteiger charge is 2.43. The zero-order chi connectivity index (χ0) is 21.1. The number of nitrogens with zero attached hydrogens (tertiary/aromatic N) is 2. The molecule has 2 aliphatic rings. The third-order valence-corrected chi connectivity index (χ3v) is 6.89. The summed E-state index contributed by atoms with van der Waals surface area (Å²) in [5.74, 6) is 0. The number of anilines is 1. The number of allylic oxidation sites excluding steroid dienone is 4. The minimum atomic E-state index is 0. The van der Waals surface area contributed by atoms with Gasteiger partial charge in [0.05, 0.1) is 5.41 Å². The second-order valence-electron chi connectivity index (χ2n) is 9.71. The van der Waals surface area contributed by atoms with Gasteiger partial charge in [0.15, 0.2) is 5.71 Å². The summed E-state index contributed by atoms with van der Waals surface area (Å²) in [4.78, 5) is 2.34. The van der Waals surface area contributed by atoms with Gasteiger partial charge in [-0.1, -0.05) is 49.2 Å². The van der Waals surface area contributed by atoms with Gasteiger partial charge < -0.3 is 28.9 Å². The Morgan fingerprint density at radius 3 is 2.13 bits per heavy atom. The fourth-order valence-corrected chi connectivity index (χ4v) is 5.13. The molecule has 4 rings (SSSR count). The summed E-state index contributed by atoms with van der Waals surface area (Å²) in [6, 6.07) is 13.6. The van der Waals surface area contributed by atoms with Crippen LogP contribution in [0.2, 0.25) is 0 Å². The van der Waals surface area contributed by atoms with Crippen molar-refractivity contribution >= 4 is 17.1 Å². The van der Waals surface area contributed by atoms with E-state index in [0.29, 0.717) is 0 Å². The fourth-order valence-electron chi connectivity index (χ4n) is 5.13. The van der Waals surface area contributed by atoms with Crippen LogP contribution in [0.1, 0.15) is 49.9 Å². The van der Waals surface area contributed by atoms with Crippen molar-refractivity contribution in [2.45, 2.75) is 52.4 Å². The molecule has 0 aromatic heterocycles. The molecule has 0 unspecified atom stereocenters. The van der Waals surface area contributed by atoms with Gasteiger partial charge in [-0.3, -0.25) is 0 Å². The Bertz CT molecular complexity index is 1100. The van der Waals surface area contributed by atoms with Crippen molar-refractivity contribution in [3.05, 3.63) is 82.6 Å². The van der Waals surface area contributed by atoms with Gasteiger partial charge >= 0.3 is 0 Å². The molecule has 0 amide bonds. The average molecular weight is 512 g/mol. The average Bonchev–Trinajstić information content (AvgIpc) is 2.95. The first-order valence-corrected chi connectivity index (χ1v) is 10.5. The van der Waals surface area contributed by atoms with Crippen LogP contribution < -0.4 is 28.9 Å². The molecule has 2 nitrogen and oxygen atoms in total. The molecule has 2 aromatic rings. The lowest BCUT2D eigenvalue weighted by Gasteiger charge is -2.23. The van der Waals surface area contributed by atoms with Crippen LogP contribution in [-0.4, -0.2) is 24.4 Å². The molecule has 0 aliphatic carbocycles. The molecule has 2 aromatic carbocycles. The largest absolute Gasteiger partial charge is 1.00 e. The molecule has 0 radical (unpaired) electrons. The highest BCUT2D eigenvalue weighted by atomic mass is 127. The van der Waals surface area contributed by atoms with E-state index >= 15 is 0 Å². The monoisotopic (exact) mass is 512 g/mol. The van der Waals surface area contributed by atoms with Crippen molar-refractivity contribution in [2.24, 2.45) is 0 Å². The van der Waals surface area contributed by atoms with Gasteiger partial charge in [-0.05, 0) is 51.5 Å². The van der Waals surface area contributed by atoms with Gasteiger partial charge in [0, 0.05) is 41.6 Å². The first-order valence-electron chi connectivity index (χ1n) is 10.5. The van der Waals surface area contributed by atoms with Gasteiger partial charge in [0.25, 0.3) is 0 Å². The maximum absolute atomic E-state index is 2.34. The normalized spacial score (nSPS) is 20.0. The third-order valence-electron chi connectivity index (χ3n) is 6.89. The maximum atomic E-state index is 2.34. The van der Waals surface area contributed by atoms with E-state index in [1.807, 2.05) is 0 Å². The Morgan fingerprint density at radius 2 is 1.47 bits per heavy atom. The van der Waals surface area contributed by atoms with E-state index in [1.54, 1.807) is 0 Å². The minimum absolute atomic E-state index is 0. The zero-order valence-corrected chi connectivity index (χ0v) is 21.6. The number of halogens is 1. The molecule has 3 heteroatoms. The topological polar surface area (TPSA) is 6.25 Å². The Morgan fingerprint density at radius 1 is 0.867 bits per heavy atom. The molecule has 0 bridgehead atoms. The predicted molar refractivity (Wildman–Crippen MR) is 125 cm³/mol. The Balaban J connectivity index is 0.00000256. The molecule has 0 spiro atoms. The standard InChI is InChI=1S/C27H33N2.HI/c1-18-12-14-22-20(16-18)26(3,4)24(28(22)7)10-9-11-25-27(5,6)21-17-19(2)13-15-23(21)29(25)8;/h9-17H,1-8H3;1H/q+1;/p-1. The van der Waals surface area contributed by atoms with Gasteiger partial charge in [-0.2, -0.15) is 4.58 Å². The van der Waals surface area contributed by atoms with E-state index in [-0.39, 0.29) is 34.8 Å². The summed E-state index contributed by atoms with van der Waals surface area (Å²) in [5.41, 5.74) is 10.8. The predicted octanol–water partition coefficient (Wildman–Crippen LogP) is 3.18. The number of rotatable bonds is 2. The number of likely N-dealkylation sites (N-methyl/N-ethyl adjacent to an activating group) is 1. The van der Waals surface area contributed by atoms with E-state index in [1.165, 1.54) is 45.0 Å². The summed E-state index contributed by atoms with van der Waals surface area (Å²) in [6.07, 6.45) is 6.82. The molecule has 158 valence electrons. The first-order chi connectivity index (χ1) is 13.5. The number of benzene rings is 2. The van der Waals surface area contributed by atoms with E-state index in [9.17, 15) is 0 Å². The minimum Gasteiger partial charge on any atom is -1.00 e. The van der Waals surface area contributed by atoms with Crippen LogP contribution in [0.15, 0.2) is 60.3 Å². The lowest BCUT2D eigenvalue weighted by atomic mass is 9.80. The van der Waals surface area contributed by atoms with Crippen LogP contribution in [0.5, 0.6) is 0 Å². The van der Waals surface area contributed by atoms with Crippen LogP contribution in [0, 0.1) is 13.8 Å². The van der Waals surface area contributed by atoms with Crippen LogP contribution in [0.4, 0.5) is 11.4 Å². The fraction of sp³-hybridized carbons (Fsp3) is 0.370. The van der Waals surface area contributed by atoms with Crippen molar-refractivity contribution < 1.29 is 28.6 Å². The zero-order valence-electron chi connectivity index (χ0n) is 19.5. The molecular weight excluding hydrogens is 479 g/mol. The van der Waals surface area contributed by atoms with Crippen molar-refractivity contribution in [3.8, 4) is 0 Å². The second-order valence-corrected chi connectivity index (χ2v) is 9.71. The number of aryl methyl sites for hydroxylation is 2. The molecule has 2 aliphatic heterocycles. The van der Waals surface area contributed by atoms with Crippen molar-refractivity contribution in [3.63, 3.8) is 0 Å². The molecule has 30 heavy (non-hydrogen) atoms. The summed E-state index contributed by atoms with van der Waals surface area (Å²) in [6.45, 7) is 13.6. The summed E-state index contributed by atoms with van der Waals surface area (Å²) in [5, 5.41) is 0. The first kappa shape index (κ1) is 22.8. The van der Waals surface area contributed by atoms with E-state index in [4.69, 9.17) is 0 Å². The summed E-state index contributed by atoms with van der Waals surface area (Å²) in [7, 11) is 4.36. The molecule has 0 saturated carbocycles. The molecular formula is C27H33IN2. The third kappa shape index (κ3) is 3.35. The summed E-state index contributed by atoms with van der Waals surface area (Å²) >= 11 is 0. The lowest BCUT2D eigenvalue weighted by Crippen LogP contribution is -3.00. The number of fused-ring (bicyclic) bond motifs is 2. The van der Waals surface area contributed by atoms with Crippen molar-refractivity contribution in [1.82, 2.24) is 0 Å². The van der Waals surface area contributed by atoms with Crippen LogP contribution in [0.3, 0.4) is 0 Å². The van der Waals surface area contributed by atoms with Gasteiger partial charge in [-0.15, -0.1) is 0 Å². The quantitative estimate of drug-likeness (QED) is 0.443. The Labute approximate surface area is 199 Å². The van der Waals surface area contributed by atoms with Crippen molar-refractivity contribution in [1.29, 1.82) is 0 Å². The Kier molecular flexibility index (Phi) is 5.83. The Hall–Kier alpha value is -1.88. The van der Waals surface area contributed by atoms with E-state index < -0.39 is 0 Å². The van der Waals surface area contributed by atoms with Gasteiger partial charge in [0.1, 0.15) is 7.05 Å². The van der Waals surface area contributed by atoms with Crippen LogP contribution in [-0.2, 0) is 10.8 Å². The SMILES string of the molecule is Cc1ccc2c(c1)C(C)(C)C(/C=C/C=C1/N(C)c3ccc(C)cc3C1(C)C)=[N+]2C.[I-]. The van der Waals surface area contributed by atoms with Crippen LogP contribution in [0.25, 0.3) is 0 Å². The van der Waals surface area contributed by atoms with Crippen LogP contribution >= 0.6 is 0 Å².